The van der Waals surface area contributed by atoms with E-state index in [9.17, 15) is 5.11 Å². The van der Waals surface area contributed by atoms with Crippen molar-refractivity contribution in [2.24, 2.45) is 5.92 Å². The molecule has 2 fully saturated rings. The molecule has 1 unspecified atom stereocenters. The van der Waals surface area contributed by atoms with Gasteiger partial charge < -0.3 is 14.9 Å². The minimum atomic E-state index is 0.306. The fraction of sp³-hybridized carbons (Fsp3) is 0.619. The van der Waals surface area contributed by atoms with Crippen LogP contribution in [-0.4, -0.2) is 71.1 Å². The minimum Gasteiger partial charge on any atom is -0.396 e. The number of pyridine rings is 1. The van der Waals surface area contributed by atoms with Crippen LogP contribution in [0.3, 0.4) is 0 Å². The number of rotatable bonds is 6. The first-order valence-electron chi connectivity index (χ1n) is 10.6. The third-order valence-corrected chi connectivity index (χ3v) is 6.32. The zero-order chi connectivity index (χ0) is 19.3. The zero-order valence-electron chi connectivity index (χ0n) is 16.8. The molecule has 2 aromatic rings. The largest absolute Gasteiger partial charge is 0.396 e. The summed E-state index contributed by atoms with van der Waals surface area (Å²) in [6.07, 6.45) is 9.06. The molecule has 28 heavy (non-hydrogen) atoms. The molecule has 0 bridgehead atoms. The second-order valence-corrected chi connectivity index (χ2v) is 7.94. The van der Waals surface area contributed by atoms with E-state index in [2.05, 4.69) is 37.9 Å². The number of hydrogen-bond acceptors (Lipinski definition) is 6. The van der Waals surface area contributed by atoms with Gasteiger partial charge in [-0.15, -0.1) is 0 Å². The summed E-state index contributed by atoms with van der Waals surface area (Å²) in [5.41, 5.74) is 2.53. The van der Waals surface area contributed by atoms with Crippen molar-refractivity contribution in [3.05, 3.63) is 36.3 Å². The SMILES string of the molecule is CCC(c1cn[nH]c1)N1CCN(c2cccnc2N2CCC(CO)CC2)CC1. The quantitative estimate of drug-likeness (QED) is 0.796. The number of piperidine rings is 1. The maximum Gasteiger partial charge on any atom is 0.152 e. The van der Waals surface area contributed by atoms with Gasteiger partial charge in [-0.2, -0.15) is 5.10 Å². The summed E-state index contributed by atoms with van der Waals surface area (Å²) in [5, 5.41) is 16.5. The molecular weight excluding hydrogens is 352 g/mol. The van der Waals surface area contributed by atoms with Gasteiger partial charge in [0.15, 0.2) is 5.82 Å². The topological polar surface area (TPSA) is 71.5 Å². The van der Waals surface area contributed by atoms with Crippen molar-refractivity contribution < 1.29 is 5.11 Å². The Morgan fingerprint density at radius 2 is 1.93 bits per heavy atom. The number of piperazine rings is 1. The highest BCUT2D eigenvalue weighted by atomic mass is 16.3. The Hall–Kier alpha value is -2.12. The molecule has 2 aliphatic rings. The fourth-order valence-electron chi connectivity index (χ4n) is 4.63. The molecule has 0 spiro atoms. The van der Waals surface area contributed by atoms with Crippen molar-refractivity contribution in [3.8, 4) is 0 Å². The lowest BCUT2D eigenvalue weighted by Crippen LogP contribution is -2.48. The Bertz CT molecular complexity index is 720. The van der Waals surface area contributed by atoms with Crippen LogP contribution in [0.1, 0.15) is 37.8 Å². The van der Waals surface area contributed by atoms with Crippen molar-refractivity contribution in [1.29, 1.82) is 0 Å². The minimum absolute atomic E-state index is 0.306. The van der Waals surface area contributed by atoms with Gasteiger partial charge in [0.1, 0.15) is 0 Å². The Labute approximate surface area is 167 Å². The van der Waals surface area contributed by atoms with E-state index in [4.69, 9.17) is 4.98 Å². The second kappa shape index (κ2) is 8.92. The number of aromatic nitrogens is 3. The molecule has 0 aromatic carbocycles. The van der Waals surface area contributed by atoms with Crippen molar-refractivity contribution in [3.63, 3.8) is 0 Å². The van der Waals surface area contributed by atoms with Gasteiger partial charge >= 0.3 is 0 Å². The molecule has 0 aliphatic carbocycles. The molecule has 0 radical (unpaired) electrons. The number of nitrogens with one attached hydrogen (secondary N) is 1. The molecule has 2 saturated heterocycles. The van der Waals surface area contributed by atoms with Crippen molar-refractivity contribution in [1.82, 2.24) is 20.1 Å². The van der Waals surface area contributed by atoms with Crippen molar-refractivity contribution >= 4 is 11.5 Å². The predicted octanol–water partition coefficient (Wildman–Crippen LogP) is 2.29. The number of nitrogens with zero attached hydrogens (tertiary/aromatic N) is 5. The highest BCUT2D eigenvalue weighted by Crippen LogP contribution is 2.32. The molecule has 7 heteroatoms. The Morgan fingerprint density at radius 3 is 2.57 bits per heavy atom. The first-order valence-corrected chi connectivity index (χ1v) is 10.6. The van der Waals surface area contributed by atoms with Gasteiger partial charge in [0.25, 0.3) is 0 Å². The van der Waals surface area contributed by atoms with E-state index in [-0.39, 0.29) is 0 Å². The first kappa shape index (κ1) is 19.2. The first-order chi connectivity index (χ1) is 13.8. The van der Waals surface area contributed by atoms with E-state index in [0.717, 1.165) is 64.3 Å². The van der Waals surface area contributed by atoms with Gasteiger partial charge in [0.2, 0.25) is 0 Å². The Kier molecular flexibility index (Phi) is 6.12. The normalized spacial score (nSPS) is 20.5. The van der Waals surface area contributed by atoms with Crippen LogP contribution >= 0.6 is 0 Å². The van der Waals surface area contributed by atoms with E-state index in [1.807, 2.05) is 24.7 Å². The van der Waals surface area contributed by atoms with Gasteiger partial charge in [-0.3, -0.25) is 10.00 Å². The van der Waals surface area contributed by atoms with Crippen LogP contribution in [0.4, 0.5) is 11.5 Å². The van der Waals surface area contributed by atoms with Crippen LogP contribution < -0.4 is 9.80 Å². The number of hydrogen-bond donors (Lipinski definition) is 2. The molecule has 0 amide bonds. The third kappa shape index (κ3) is 4.00. The number of aliphatic hydroxyl groups excluding tert-OH is 1. The van der Waals surface area contributed by atoms with E-state index >= 15 is 0 Å². The van der Waals surface area contributed by atoms with Crippen LogP contribution in [0.2, 0.25) is 0 Å². The molecule has 1 atom stereocenters. The molecule has 2 N–H and O–H groups in total. The molecule has 7 nitrogen and oxygen atoms in total. The highest BCUT2D eigenvalue weighted by Gasteiger charge is 2.27. The van der Waals surface area contributed by atoms with Gasteiger partial charge in [-0.1, -0.05) is 6.92 Å². The average Bonchev–Trinajstić information content (AvgIpc) is 3.29. The molecular formula is C21H32N6O. The van der Waals surface area contributed by atoms with Gasteiger partial charge in [0.05, 0.1) is 11.9 Å². The van der Waals surface area contributed by atoms with E-state index < -0.39 is 0 Å². The number of anilines is 2. The lowest BCUT2D eigenvalue weighted by atomic mass is 9.98. The summed E-state index contributed by atoms with van der Waals surface area (Å²) in [6.45, 7) is 8.64. The molecule has 0 saturated carbocycles. The van der Waals surface area contributed by atoms with Crippen LogP contribution in [-0.2, 0) is 0 Å². The summed E-state index contributed by atoms with van der Waals surface area (Å²) in [7, 11) is 0. The average molecular weight is 385 g/mol. The summed E-state index contributed by atoms with van der Waals surface area (Å²) >= 11 is 0. The van der Waals surface area contributed by atoms with Crippen LogP contribution in [0.5, 0.6) is 0 Å². The maximum absolute atomic E-state index is 9.41. The van der Waals surface area contributed by atoms with Crippen molar-refractivity contribution in [2.45, 2.75) is 32.2 Å². The maximum atomic E-state index is 9.41. The van der Waals surface area contributed by atoms with Crippen LogP contribution in [0.25, 0.3) is 0 Å². The number of aliphatic hydroxyl groups is 1. The molecule has 152 valence electrons. The monoisotopic (exact) mass is 384 g/mol. The Balaban J connectivity index is 1.42. The summed E-state index contributed by atoms with van der Waals surface area (Å²) in [6, 6.07) is 4.70. The lowest BCUT2D eigenvalue weighted by molar-refractivity contribution is 0.181. The molecule has 2 aromatic heterocycles. The number of H-pyrrole nitrogens is 1. The van der Waals surface area contributed by atoms with Gasteiger partial charge in [-0.05, 0) is 37.3 Å². The van der Waals surface area contributed by atoms with E-state index in [1.165, 1.54) is 11.3 Å². The molecule has 4 heterocycles. The lowest BCUT2D eigenvalue weighted by Gasteiger charge is -2.41. The smallest absolute Gasteiger partial charge is 0.152 e. The standard InChI is InChI=1S/C21H32N6O/c1-2-19(18-14-23-24-15-18)25-10-12-26(13-11-25)20-4-3-7-22-21(20)27-8-5-17(16-28)6-9-27/h3-4,7,14-15,17,19,28H,2,5-6,8-13,16H2,1H3,(H,23,24). The molecule has 4 rings (SSSR count). The van der Waals surface area contributed by atoms with Gasteiger partial charge in [-0.25, -0.2) is 4.98 Å². The fourth-order valence-corrected chi connectivity index (χ4v) is 4.63. The van der Waals surface area contributed by atoms with Gasteiger partial charge in [0, 0.05) is 69.9 Å². The van der Waals surface area contributed by atoms with E-state index in [0.29, 0.717) is 18.6 Å². The third-order valence-electron chi connectivity index (χ3n) is 6.32. The number of aromatic amines is 1. The Morgan fingerprint density at radius 1 is 1.14 bits per heavy atom. The predicted molar refractivity (Wildman–Crippen MR) is 112 cm³/mol. The van der Waals surface area contributed by atoms with Crippen LogP contribution in [0.15, 0.2) is 30.7 Å². The van der Waals surface area contributed by atoms with Crippen molar-refractivity contribution in [2.75, 3.05) is 55.7 Å². The van der Waals surface area contributed by atoms with Crippen LogP contribution in [0, 0.1) is 5.92 Å². The highest BCUT2D eigenvalue weighted by molar-refractivity contribution is 5.67. The zero-order valence-corrected chi connectivity index (χ0v) is 16.8. The summed E-state index contributed by atoms with van der Waals surface area (Å²) < 4.78 is 0. The van der Waals surface area contributed by atoms with E-state index in [1.54, 1.807) is 0 Å². The summed E-state index contributed by atoms with van der Waals surface area (Å²) in [5.74, 6) is 1.55. The molecule has 2 aliphatic heterocycles. The second-order valence-electron chi connectivity index (χ2n) is 7.94. The summed E-state index contributed by atoms with van der Waals surface area (Å²) in [4.78, 5) is 12.2.